The molecule has 7 heterocycles. The highest BCUT2D eigenvalue weighted by Crippen LogP contribution is 2.47. The standard InChI is InChI=1S/C41H44F2N6O6/c1-6-23-9-7-10-24-15-27(54-22-51-5)16-28(31(23)24)34-33(43)35-32-36(46-38(45-35)53-21-41-13-8-14-47(41)18-25(42)17-41)48-19-26-11-12-29(30(48)20-52-37(32)44-34)49(26)39(50)55-40(2,3)4/h1,7,9-10,15-16,25-26,29-30H,8,11-14,17-22H2,2-5H3/t25-,26+,29-,30+,41-/m0/s1. The molecule has 288 valence electrons. The predicted molar refractivity (Wildman–Crippen MR) is 201 cm³/mol. The summed E-state index contributed by atoms with van der Waals surface area (Å²) in [6, 6.07) is 8.18. The van der Waals surface area contributed by atoms with Gasteiger partial charge in [-0.05, 0) is 76.6 Å². The minimum Gasteiger partial charge on any atom is -0.475 e. The van der Waals surface area contributed by atoms with Gasteiger partial charge in [0.1, 0.15) is 53.2 Å². The van der Waals surface area contributed by atoms with Crippen molar-refractivity contribution in [2.24, 2.45) is 0 Å². The molecular weight excluding hydrogens is 710 g/mol. The van der Waals surface area contributed by atoms with Crippen molar-refractivity contribution in [3.05, 3.63) is 41.7 Å². The first-order valence-electron chi connectivity index (χ1n) is 19.0. The number of ether oxygens (including phenoxy) is 5. The van der Waals surface area contributed by atoms with Gasteiger partial charge in [0.25, 0.3) is 0 Å². The molecule has 4 saturated heterocycles. The van der Waals surface area contributed by atoms with Gasteiger partial charge in [-0.3, -0.25) is 9.80 Å². The van der Waals surface area contributed by atoms with Gasteiger partial charge in [-0.2, -0.15) is 9.97 Å². The third-order valence-corrected chi connectivity index (χ3v) is 11.7. The van der Waals surface area contributed by atoms with E-state index in [-0.39, 0.29) is 67.3 Å². The Labute approximate surface area is 318 Å². The molecule has 0 spiro atoms. The number of anilines is 1. The van der Waals surface area contributed by atoms with Gasteiger partial charge >= 0.3 is 12.1 Å². The number of carbonyl (C=O) groups excluding carboxylic acids is 1. The molecule has 0 saturated carbocycles. The molecule has 0 N–H and O–H groups in total. The second-order valence-electron chi connectivity index (χ2n) is 16.3. The van der Waals surface area contributed by atoms with Crippen LogP contribution >= 0.6 is 0 Å². The lowest BCUT2D eigenvalue weighted by Crippen LogP contribution is -2.63. The Morgan fingerprint density at radius 2 is 1.96 bits per heavy atom. The minimum absolute atomic E-state index is 0.0260. The highest BCUT2D eigenvalue weighted by molar-refractivity contribution is 6.04. The van der Waals surface area contributed by atoms with Gasteiger partial charge in [0.15, 0.2) is 12.6 Å². The van der Waals surface area contributed by atoms with Crippen LogP contribution in [-0.2, 0) is 9.47 Å². The van der Waals surface area contributed by atoms with Gasteiger partial charge in [0.2, 0.25) is 5.88 Å². The number of fused-ring (bicyclic) bond motifs is 7. The van der Waals surface area contributed by atoms with Crippen LogP contribution in [0.5, 0.6) is 17.6 Å². The van der Waals surface area contributed by atoms with Gasteiger partial charge < -0.3 is 28.6 Å². The molecule has 2 bridgehead atoms. The number of piperazine rings is 1. The summed E-state index contributed by atoms with van der Waals surface area (Å²) in [6.07, 6.45) is 8.25. The highest BCUT2D eigenvalue weighted by atomic mass is 19.1. The Bertz CT molecular complexity index is 2240. The van der Waals surface area contributed by atoms with Gasteiger partial charge in [-0.25, -0.2) is 18.6 Å². The summed E-state index contributed by atoms with van der Waals surface area (Å²) in [5, 5.41) is 1.63. The van der Waals surface area contributed by atoms with Crippen molar-refractivity contribution in [1.82, 2.24) is 24.8 Å². The molecule has 14 heteroatoms. The molecule has 1 amide bonds. The van der Waals surface area contributed by atoms with E-state index < -0.39 is 23.1 Å². The second kappa shape index (κ2) is 13.3. The van der Waals surface area contributed by atoms with E-state index in [1.807, 2.05) is 43.9 Å². The molecule has 55 heavy (non-hydrogen) atoms. The van der Waals surface area contributed by atoms with Crippen molar-refractivity contribution in [2.75, 3.05) is 51.7 Å². The lowest BCUT2D eigenvalue weighted by atomic mass is 9.95. The number of hydrogen-bond donors (Lipinski definition) is 0. The molecule has 0 aliphatic carbocycles. The summed E-state index contributed by atoms with van der Waals surface area (Å²) in [5.74, 6) is 3.01. The average molecular weight is 755 g/mol. The van der Waals surface area contributed by atoms with Crippen molar-refractivity contribution in [3.8, 4) is 41.2 Å². The van der Waals surface area contributed by atoms with Gasteiger partial charge in [0.05, 0.1) is 23.7 Å². The topological polar surface area (TPSA) is 112 Å². The Morgan fingerprint density at radius 3 is 2.76 bits per heavy atom. The van der Waals surface area contributed by atoms with E-state index in [4.69, 9.17) is 45.1 Å². The van der Waals surface area contributed by atoms with Crippen molar-refractivity contribution in [1.29, 1.82) is 0 Å². The summed E-state index contributed by atoms with van der Waals surface area (Å²) in [6.45, 7) is 7.40. The van der Waals surface area contributed by atoms with E-state index in [9.17, 15) is 9.18 Å². The monoisotopic (exact) mass is 754 g/mol. The number of aromatic nitrogens is 3. The van der Waals surface area contributed by atoms with E-state index >= 15 is 4.39 Å². The van der Waals surface area contributed by atoms with E-state index in [0.717, 1.165) is 37.6 Å². The molecule has 0 unspecified atom stereocenters. The van der Waals surface area contributed by atoms with Crippen molar-refractivity contribution < 1.29 is 37.3 Å². The van der Waals surface area contributed by atoms with Crippen molar-refractivity contribution >= 4 is 33.6 Å². The van der Waals surface area contributed by atoms with Crippen LogP contribution in [0.25, 0.3) is 32.9 Å². The number of terminal acetylenes is 1. The summed E-state index contributed by atoms with van der Waals surface area (Å²) in [4.78, 5) is 34.2. The maximum Gasteiger partial charge on any atom is 0.410 e. The molecule has 4 fully saturated rings. The van der Waals surface area contributed by atoms with Crippen LogP contribution in [0.3, 0.4) is 0 Å². The molecule has 5 aliphatic rings. The summed E-state index contributed by atoms with van der Waals surface area (Å²) < 4.78 is 62.1. The van der Waals surface area contributed by atoms with Crippen LogP contribution < -0.4 is 19.1 Å². The lowest BCUT2D eigenvalue weighted by molar-refractivity contribution is 0.00537. The Kier molecular flexibility index (Phi) is 8.65. The zero-order chi connectivity index (χ0) is 38.2. The Balaban J connectivity index is 1.20. The maximum atomic E-state index is 17.5. The molecule has 5 aliphatic heterocycles. The molecule has 5 atom stereocenters. The summed E-state index contributed by atoms with van der Waals surface area (Å²) in [5.41, 5.74) is -0.287. The molecule has 9 rings (SSSR count). The maximum absolute atomic E-state index is 17.5. The first-order valence-corrected chi connectivity index (χ1v) is 19.0. The molecule has 4 aromatic rings. The van der Waals surface area contributed by atoms with Crippen LogP contribution in [0.4, 0.5) is 19.4 Å². The quantitative estimate of drug-likeness (QED) is 0.158. The Morgan fingerprint density at radius 1 is 1.11 bits per heavy atom. The number of carbonyl (C=O) groups is 1. The fourth-order valence-corrected chi connectivity index (χ4v) is 9.47. The smallest absolute Gasteiger partial charge is 0.410 e. The minimum atomic E-state index is -0.944. The summed E-state index contributed by atoms with van der Waals surface area (Å²) in [7, 11) is 1.52. The van der Waals surface area contributed by atoms with E-state index in [2.05, 4.69) is 15.7 Å². The summed E-state index contributed by atoms with van der Waals surface area (Å²) >= 11 is 0. The van der Waals surface area contributed by atoms with Crippen LogP contribution in [0.15, 0.2) is 30.3 Å². The number of nitrogens with zero attached hydrogens (tertiary/aromatic N) is 6. The lowest BCUT2D eigenvalue weighted by Gasteiger charge is -2.46. The number of rotatable bonds is 7. The number of halogens is 2. The van der Waals surface area contributed by atoms with E-state index in [1.54, 1.807) is 12.1 Å². The van der Waals surface area contributed by atoms with Crippen LogP contribution in [0.2, 0.25) is 0 Å². The zero-order valence-corrected chi connectivity index (χ0v) is 31.4. The largest absolute Gasteiger partial charge is 0.475 e. The van der Waals surface area contributed by atoms with Crippen molar-refractivity contribution in [2.45, 2.75) is 88.3 Å². The number of amides is 1. The van der Waals surface area contributed by atoms with Crippen LogP contribution in [0.1, 0.15) is 58.4 Å². The number of pyridine rings is 1. The molecule has 12 nitrogen and oxygen atoms in total. The normalized spacial score (nSPS) is 25.7. The number of hydrogen-bond acceptors (Lipinski definition) is 11. The van der Waals surface area contributed by atoms with E-state index in [0.29, 0.717) is 53.0 Å². The average Bonchev–Trinajstić information content (AvgIpc) is 3.76. The van der Waals surface area contributed by atoms with E-state index in [1.165, 1.54) is 7.11 Å². The van der Waals surface area contributed by atoms with Crippen LogP contribution in [0, 0.1) is 18.2 Å². The fraction of sp³-hybridized carbons (Fsp3) is 0.512. The molecule has 2 aromatic carbocycles. The number of benzene rings is 2. The van der Waals surface area contributed by atoms with Crippen molar-refractivity contribution in [3.63, 3.8) is 0 Å². The number of methoxy groups -OCH3 is 1. The van der Waals surface area contributed by atoms with Gasteiger partial charge in [0, 0.05) is 43.1 Å². The fourth-order valence-electron chi connectivity index (χ4n) is 9.47. The molecular formula is C41H44F2N6O6. The first kappa shape index (κ1) is 35.7. The first-order chi connectivity index (χ1) is 26.5. The zero-order valence-electron chi connectivity index (χ0n) is 31.4. The third kappa shape index (κ3) is 6.03. The Hall–Kier alpha value is -5.00. The highest BCUT2D eigenvalue weighted by Gasteiger charge is 2.52. The second-order valence-corrected chi connectivity index (χ2v) is 16.3. The molecule has 0 radical (unpaired) electrons. The molecule has 2 aromatic heterocycles. The van der Waals surface area contributed by atoms with Crippen LogP contribution in [-0.4, -0.2) is 113 Å². The predicted octanol–water partition coefficient (Wildman–Crippen LogP) is 6.25. The third-order valence-electron chi connectivity index (χ3n) is 11.7. The number of alkyl halides is 1. The SMILES string of the molecule is C#Cc1cccc2cc(OCOC)cc(-c3nc4c5c(nc(OC[C@@]67CCCN6C[C@@H](F)C7)nc5c3F)N3C[C@H]5CC[C@@H]([C@H]3CO4)N5C(=O)OC(C)(C)C)c12. The van der Waals surface area contributed by atoms with Gasteiger partial charge in [-0.15, -0.1) is 6.42 Å². The van der Waals surface area contributed by atoms with Gasteiger partial charge in [-0.1, -0.05) is 18.1 Å².